The zero-order chi connectivity index (χ0) is 14.8. The molecule has 1 aliphatic rings. The maximum absolute atomic E-state index is 12.0. The smallest absolute Gasteiger partial charge is 0.311 e. The van der Waals surface area contributed by atoms with Crippen molar-refractivity contribution in [2.75, 3.05) is 18.6 Å². The molecule has 7 heteroatoms. The molecular weight excluding hydrogens is 274 g/mol. The summed E-state index contributed by atoms with van der Waals surface area (Å²) in [7, 11) is 1.31. The van der Waals surface area contributed by atoms with Crippen LogP contribution in [0.1, 0.15) is 6.42 Å². The van der Waals surface area contributed by atoms with Crippen molar-refractivity contribution in [2.24, 2.45) is 5.92 Å². The van der Waals surface area contributed by atoms with Crippen molar-refractivity contribution in [1.82, 2.24) is 9.97 Å². The molecule has 3 heterocycles. The first-order valence-electron chi connectivity index (χ1n) is 6.44. The minimum atomic E-state index is -0.474. The summed E-state index contributed by atoms with van der Waals surface area (Å²) in [5.74, 6) is -0.205. The number of rotatable bonds is 3. The van der Waals surface area contributed by atoms with Crippen molar-refractivity contribution >= 4 is 17.8 Å². The largest absolute Gasteiger partial charge is 0.469 e. The Bertz CT molecular complexity index is 669. The molecule has 2 aromatic heterocycles. The zero-order valence-electron chi connectivity index (χ0n) is 11.4. The highest BCUT2D eigenvalue weighted by Crippen LogP contribution is 2.25. The highest BCUT2D eigenvalue weighted by Gasteiger charge is 2.37. The van der Waals surface area contributed by atoms with Gasteiger partial charge in [0.25, 0.3) is 0 Å². The van der Waals surface area contributed by atoms with Crippen molar-refractivity contribution in [3.05, 3.63) is 30.7 Å². The van der Waals surface area contributed by atoms with E-state index in [0.29, 0.717) is 11.5 Å². The number of methoxy groups -OCH3 is 1. The standard InChI is InChI=1S/C14H13N3O4/c1-20-13(19)9-7-12(18)17(8-9)14-15-5-4-10(16-14)11-3-2-6-21-11/h2-6,9H,7-8H2,1H3. The van der Waals surface area contributed by atoms with Gasteiger partial charge in [0.2, 0.25) is 11.9 Å². The molecule has 108 valence electrons. The lowest BCUT2D eigenvalue weighted by molar-refractivity contribution is -0.145. The third-order valence-corrected chi connectivity index (χ3v) is 3.32. The van der Waals surface area contributed by atoms with Gasteiger partial charge >= 0.3 is 5.97 Å². The second-order valence-corrected chi connectivity index (χ2v) is 4.65. The number of ether oxygens (including phenoxy) is 1. The van der Waals surface area contributed by atoms with Crippen LogP contribution >= 0.6 is 0 Å². The molecule has 0 radical (unpaired) electrons. The molecule has 0 N–H and O–H groups in total. The quantitative estimate of drug-likeness (QED) is 0.790. The summed E-state index contributed by atoms with van der Waals surface area (Å²) in [6, 6.07) is 5.22. The molecular formula is C14H13N3O4. The summed E-state index contributed by atoms with van der Waals surface area (Å²) >= 11 is 0. The van der Waals surface area contributed by atoms with Crippen LogP contribution < -0.4 is 4.90 Å². The van der Waals surface area contributed by atoms with Gasteiger partial charge in [-0.1, -0.05) is 0 Å². The lowest BCUT2D eigenvalue weighted by atomic mass is 10.1. The van der Waals surface area contributed by atoms with Gasteiger partial charge in [-0.25, -0.2) is 9.97 Å². The molecule has 3 rings (SSSR count). The normalized spacial score (nSPS) is 18.0. The summed E-state index contributed by atoms with van der Waals surface area (Å²) in [4.78, 5) is 33.4. The van der Waals surface area contributed by atoms with E-state index in [1.54, 1.807) is 30.7 Å². The number of furan rings is 1. The van der Waals surface area contributed by atoms with Crippen LogP contribution in [0, 0.1) is 5.92 Å². The second kappa shape index (κ2) is 5.35. The van der Waals surface area contributed by atoms with E-state index in [0.717, 1.165) is 0 Å². The molecule has 2 aromatic rings. The van der Waals surface area contributed by atoms with Crippen molar-refractivity contribution in [1.29, 1.82) is 0 Å². The number of carbonyl (C=O) groups is 2. The monoisotopic (exact) mass is 287 g/mol. The molecule has 1 aliphatic heterocycles. The van der Waals surface area contributed by atoms with Gasteiger partial charge in [-0.05, 0) is 18.2 Å². The van der Waals surface area contributed by atoms with E-state index >= 15 is 0 Å². The first-order valence-corrected chi connectivity index (χ1v) is 6.44. The predicted octanol–water partition coefficient (Wildman–Crippen LogP) is 1.26. The number of amides is 1. The Morgan fingerprint density at radius 1 is 1.48 bits per heavy atom. The summed E-state index contributed by atoms with van der Waals surface area (Å²) in [5.41, 5.74) is 0.583. The molecule has 1 unspecified atom stereocenters. The fourth-order valence-corrected chi connectivity index (χ4v) is 2.27. The Balaban J connectivity index is 1.86. The molecule has 0 aliphatic carbocycles. The Morgan fingerprint density at radius 3 is 3.05 bits per heavy atom. The summed E-state index contributed by atoms with van der Waals surface area (Å²) in [5, 5.41) is 0. The Labute approximate surface area is 120 Å². The van der Waals surface area contributed by atoms with Gasteiger partial charge in [-0.3, -0.25) is 14.5 Å². The third kappa shape index (κ3) is 2.49. The molecule has 1 atom stereocenters. The Kier molecular flexibility index (Phi) is 3.39. The molecule has 0 bridgehead atoms. The SMILES string of the molecule is COC(=O)C1CC(=O)N(c2nccc(-c3ccco3)n2)C1. The van der Waals surface area contributed by atoms with Gasteiger partial charge in [0.05, 0.1) is 19.3 Å². The van der Waals surface area contributed by atoms with E-state index in [1.807, 2.05) is 0 Å². The van der Waals surface area contributed by atoms with Crippen LogP contribution in [0.25, 0.3) is 11.5 Å². The first-order chi connectivity index (χ1) is 10.2. The molecule has 21 heavy (non-hydrogen) atoms. The molecule has 0 spiro atoms. The number of aromatic nitrogens is 2. The average Bonchev–Trinajstić information content (AvgIpc) is 3.16. The fourth-order valence-electron chi connectivity index (χ4n) is 2.27. The molecule has 1 saturated heterocycles. The zero-order valence-corrected chi connectivity index (χ0v) is 11.4. The van der Waals surface area contributed by atoms with Crippen molar-refractivity contribution in [3.8, 4) is 11.5 Å². The van der Waals surface area contributed by atoms with Crippen LogP contribution in [-0.4, -0.2) is 35.5 Å². The van der Waals surface area contributed by atoms with E-state index in [-0.39, 0.29) is 24.8 Å². The molecule has 1 fully saturated rings. The van der Waals surface area contributed by atoms with Gasteiger partial charge in [-0.15, -0.1) is 0 Å². The van der Waals surface area contributed by atoms with Gasteiger partial charge in [0.15, 0.2) is 5.76 Å². The molecule has 0 saturated carbocycles. The Morgan fingerprint density at radius 2 is 2.33 bits per heavy atom. The minimum Gasteiger partial charge on any atom is -0.469 e. The van der Waals surface area contributed by atoms with E-state index in [9.17, 15) is 9.59 Å². The van der Waals surface area contributed by atoms with Crippen LogP contribution in [0.15, 0.2) is 35.1 Å². The van der Waals surface area contributed by atoms with Gasteiger partial charge in [-0.2, -0.15) is 0 Å². The number of esters is 1. The van der Waals surface area contributed by atoms with Crippen molar-refractivity contribution in [3.63, 3.8) is 0 Å². The first kappa shape index (κ1) is 13.3. The maximum atomic E-state index is 12.0. The Hall–Kier alpha value is -2.70. The molecule has 0 aromatic carbocycles. The van der Waals surface area contributed by atoms with E-state index < -0.39 is 11.9 Å². The lowest BCUT2D eigenvalue weighted by Gasteiger charge is -2.14. The minimum absolute atomic E-state index is 0.112. The van der Waals surface area contributed by atoms with Crippen molar-refractivity contribution < 1.29 is 18.7 Å². The van der Waals surface area contributed by atoms with E-state index in [4.69, 9.17) is 4.42 Å². The van der Waals surface area contributed by atoms with Crippen LogP contribution in [0.2, 0.25) is 0 Å². The van der Waals surface area contributed by atoms with Gasteiger partial charge in [0.1, 0.15) is 5.69 Å². The predicted molar refractivity (Wildman–Crippen MR) is 72.2 cm³/mol. The lowest BCUT2D eigenvalue weighted by Crippen LogP contribution is -2.28. The third-order valence-electron chi connectivity index (χ3n) is 3.32. The number of hydrogen-bond acceptors (Lipinski definition) is 6. The van der Waals surface area contributed by atoms with Gasteiger partial charge < -0.3 is 9.15 Å². The second-order valence-electron chi connectivity index (χ2n) is 4.65. The van der Waals surface area contributed by atoms with Crippen LogP contribution in [0.4, 0.5) is 5.95 Å². The van der Waals surface area contributed by atoms with Crippen LogP contribution in [0.3, 0.4) is 0 Å². The van der Waals surface area contributed by atoms with Gasteiger partial charge in [0, 0.05) is 19.2 Å². The molecule has 1 amide bonds. The number of nitrogens with zero attached hydrogens (tertiary/aromatic N) is 3. The molecule has 7 nitrogen and oxygen atoms in total. The fraction of sp³-hybridized carbons (Fsp3) is 0.286. The maximum Gasteiger partial charge on any atom is 0.311 e. The number of hydrogen-bond donors (Lipinski definition) is 0. The summed E-state index contributed by atoms with van der Waals surface area (Å²) in [6.45, 7) is 0.229. The van der Waals surface area contributed by atoms with E-state index in [1.165, 1.54) is 12.0 Å². The number of anilines is 1. The number of carbonyl (C=O) groups excluding carboxylic acids is 2. The highest BCUT2D eigenvalue weighted by atomic mass is 16.5. The van der Waals surface area contributed by atoms with Crippen LogP contribution in [0.5, 0.6) is 0 Å². The van der Waals surface area contributed by atoms with E-state index in [2.05, 4.69) is 14.7 Å². The average molecular weight is 287 g/mol. The highest BCUT2D eigenvalue weighted by molar-refractivity contribution is 5.98. The summed E-state index contributed by atoms with van der Waals surface area (Å²) < 4.78 is 9.95. The summed E-state index contributed by atoms with van der Waals surface area (Å²) in [6.07, 6.45) is 3.21. The van der Waals surface area contributed by atoms with Crippen molar-refractivity contribution in [2.45, 2.75) is 6.42 Å². The topological polar surface area (TPSA) is 85.5 Å². The van der Waals surface area contributed by atoms with Crippen LogP contribution in [-0.2, 0) is 14.3 Å².